The second-order valence-corrected chi connectivity index (χ2v) is 6.73. The van der Waals surface area contributed by atoms with Crippen molar-refractivity contribution < 1.29 is 9.59 Å². The Kier molecular flexibility index (Phi) is 5.89. The Morgan fingerprint density at radius 2 is 1.77 bits per heavy atom. The van der Waals surface area contributed by atoms with E-state index >= 15 is 0 Å². The molecule has 3 amide bonds. The molecular weight excluding hydrogens is 326 g/mol. The minimum atomic E-state index is -0.265. The number of rotatable bonds is 5. The summed E-state index contributed by atoms with van der Waals surface area (Å²) < 4.78 is 0. The van der Waals surface area contributed by atoms with E-state index in [9.17, 15) is 9.59 Å². The van der Waals surface area contributed by atoms with Crippen LogP contribution in [0.2, 0.25) is 0 Å². The molecule has 0 saturated carbocycles. The Bertz CT molecular complexity index is 755. The molecule has 136 valence electrons. The highest BCUT2D eigenvalue weighted by Crippen LogP contribution is 2.17. The van der Waals surface area contributed by atoms with Crippen LogP contribution in [0.15, 0.2) is 54.6 Å². The highest BCUT2D eigenvalue weighted by Gasteiger charge is 2.19. The largest absolute Gasteiger partial charge is 0.339 e. The zero-order valence-electron chi connectivity index (χ0n) is 15.1. The molecule has 0 bridgehead atoms. The third-order valence-corrected chi connectivity index (χ3v) is 4.70. The Hall–Kier alpha value is -2.82. The van der Waals surface area contributed by atoms with Crippen LogP contribution < -0.4 is 10.6 Å². The van der Waals surface area contributed by atoms with Gasteiger partial charge in [0.2, 0.25) is 0 Å². The van der Waals surface area contributed by atoms with E-state index < -0.39 is 0 Å². The van der Waals surface area contributed by atoms with Crippen LogP contribution in [0.3, 0.4) is 0 Å². The molecule has 0 aliphatic carbocycles. The summed E-state index contributed by atoms with van der Waals surface area (Å²) in [5.41, 5.74) is 2.42. The minimum Gasteiger partial charge on any atom is -0.339 e. The quantitative estimate of drug-likeness (QED) is 0.859. The predicted octanol–water partition coefficient (Wildman–Crippen LogP) is 3.85. The summed E-state index contributed by atoms with van der Waals surface area (Å²) in [6.45, 7) is 4.25. The van der Waals surface area contributed by atoms with E-state index in [0.717, 1.165) is 25.9 Å². The highest BCUT2D eigenvalue weighted by atomic mass is 16.2. The lowest BCUT2D eigenvalue weighted by Gasteiger charge is -2.16. The van der Waals surface area contributed by atoms with Gasteiger partial charge >= 0.3 is 6.03 Å². The van der Waals surface area contributed by atoms with Gasteiger partial charge in [0.15, 0.2) is 0 Å². The van der Waals surface area contributed by atoms with Gasteiger partial charge in [-0.05, 0) is 42.5 Å². The summed E-state index contributed by atoms with van der Waals surface area (Å²) in [5, 5.41) is 5.70. The first kappa shape index (κ1) is 18.0. The molecule has 0 radical (unpaired) electrons. The molecule has 1 atom stereocenters. The molecule has 2 N–H and O–H groups in total. The third-order valence-electron chi connectivity index (χ3n) is 4.70. The van der Waals surface area contributed by atoms with Crippen molar-refractivity contribution in [1.82, 2.24) is 10.2 Å². The highest BCUT2D eigenvalue weighted by molar-refractivity contribution is 5.97. The van der Waals surface area contributed by atoms with Gasteiger partial charge < -0.3 is 15.5 Å². The number of anilines is 1. The van der Waals surface area contributed by atoms with Crippen LogP contribution in [0.4, 0.5) is 10.5 Å². The number of amides is 3. The zero-order valence-corrected chi connectivity index (χ0v) is 15.1. The number of urea groups is 1. The van der Waals surface area contributed by atoms with Crippen molar-refractivity contribution in [3.8, 4) is 0 Å². The molecule has 26 heavy (non-hydrogen) atoms. The van der Waals surface area contributed by atoms with Crippen molar-refractivity contribution >= 4 is 17.6 Å². The van der Waals surface area contributed by atoms with Gasteiger partial charge in [0.25, 0.3) is 5.91 Å². The van der Waals surface area contributed by atoms with Crippen molar-refractivity contribution in [3.05, 3.63) is 65.7 Å². The van der Waals surface area contributed by atoms with Gasteiger partial charge in [-0.25, -0.2) is 4.79 Å². The maximum atomic E-state index is 12.5. The van der Waals surface area contributed by atoms with E-state index in [4.69, 9.17) is 0 Å². The molecule has 3 rings (SSSR count). The van der Waals surface area contributed by atoms with Crippen LogP contribution in [-0.4, -0.2) is 36.5 Å². The topological polar surface area (TPSA) is 61.4 Å². The molecule has 1 aliphatic rings. The minimum absolute atomic E-state index is 0.0317. The van der Waals surface area contributed by atoms with Crippen LogP contribution in [0.1, 0.15) is 41.6 Å². The number of hydrogen-bond donors (Lipinski definition) is 2. The van der Waals surface area contributed by atoms with Crippen molar-refractivity contribution in [3.63, 3.8) is 0 Å². The number of hydrogen-bond acceptors (Lipinski definition) is 2. The maximum Gasteiger partial charge on any atom is 0.319 e. The average Bonchev–Trinajstić information content (AvgIpc) is 3.21. The molecule has 1 aliphatic heterocycles. The van der Waals surface area contributed by atoms with E-state index in [1.54, 1.807) is 24.3 Å². The second kappa shape index (κ2) is 8.52. The zero-order chi connectivity index (χ0) is 18.4. The Morgan fingerprint density at radius 3 is 2.50 bits per heavy atom. The number of carbonyl (C=O) groups is 2. The number of benzene rings is 2. The Balaban J connectivity index is 1.54. The Morgan fingerprint density at radius 1 is 1.04 bits per heavy atom. The van der Waals surface area contributed by atoms with Crippen LogP contribution in [-0.2, 0) is 0 Å². The normalized spacial score (nSPS) is 14.7. The number of nitrogens with one attached hydrogen (secondary N) is 2. The summed E-state index contributed by atoms with van der Waals surface area (Å²) in [7, 11) is 0. The summed E-state index contributed by atoms with van der Waals surface area (Å²) in [6, 6.07) is 16.9. The van der Waals surface area contributed by atoms with Gasteiger partial charge in [0, 0.05) is 30.9 Å². The molecule has 1 fully saturated rings. The average molecular weight is 351 g/mol. The van der Waals surface area contributed by atoms with E-state index in [1.807, 2.05) is 23.1 Å². The summed E-state index contributed by atoms with van der Waals surface area (Å²) in [5.74, 6) is 0.259. The van der Waals surface area contributed by atoms with Gasteiger partial charge in [0.05, 0.1) is 0 Å². The Labute approximate surface area is 154 Å². The number of likely N-dealkylation sites (tertiary alicyclic amines) is 1. The van der Waals surface area contributed by atoms with E-state index in [0.29, 0.717) is 17.8 Å². The van der Waals surface area contributed by atoms with E-state index in [-0.39, 0.29) is 17.9 Å². The van der Waals surface area contributed by atoms with Crippen molar-refractivity contribution in [2.45, 2.75) is 25.7 Å². The second-order valence-electron chi connectivity index (χ2n) is 6.73. The third kappa shape index (κ3) is 4.63. The van der Waals surface area contributed by atoms with Crippen molar-refractivity contribution in [2.24, 2.45) is 0 Å². The summed E-state index contributed by atoms with van der Waals surface area (Å²) >= 11 is 0. The molecule has 1 heterocycles. The molecule has 5 heteroatoms. The van der Waals surface area contributed by atoms with E-state index in [1.165, 1.54) is 5.56 Å². The van der Waals surface area contributed by atoms with E-state index in [2.05, 4.69) is 29.7 Å². The molecule has 0 aromatic heterocycles. The lowest BCUT2D eigenvalue weighted by atomic mass is 10.0. The summed E-state index contributed by atoms with van der Waals surface area (Å²) in [6.07, 6.45) is 2.12. The maximum absolute atomic E-state index is 12.5. The molecule has 0 unspecified atom stereocenters. The molecule has 2 aromatic carbocycles. The monoisotopic (exact) mass is 351 g/mol. The first-order valence-corrected chi connectivity index (χ1v) is 9.12. The van der Waals surface area contributed by atoms with Crippen LogP contribution >= 0.6 is 0 Å². The van der Waals surface area contributed by atoms with Gasteiger partial charge in [0.1, 0.15) is 0 Å². The van der Waals surface area contributed by atoms with Crippen LogP contribution in [0.25, 0.3) is 0 Å². The summed E-state index contributed by atoms with van der Waals surface area (Å²) in [4.78, 5) is 26.5. The van der Waals surface area contributed by atoms with Crippen LogP contribution in [0, 0.1) is 0 Å². The molecule has 1 saturated heterocycles. The van der Waals surface area contributed by atoms with Crippen molar-refractivity contribution in [2.75, 3.05) is 25.0 Å². The van der Waals surface area contributed by atoms with Gasteiger partial charge in [-0.1, -0.05) is 43.3 Å². The smallest absolute Gasteiger partial charge is 0.319 e. The standard InChI is InChI=1S/C21H25N3O2/c1-16(17-8-3-2-4-9-17)15-22-21(26)23-19-11-7-10-18(14-19)20(25)24-12-5-6-13-24/h2-4,7-11,14,16H,5-6,12-13,15H2,1H3,(H2,22,23,26)/t16-/m1/s1. The molecule has 5 nitrogen and oxygen atoms in total. The fourth-order valence-electron chi connectivity index (χ4n) is 3.15. The first-order chi connectivity index (χ1) is 12.6. The lowest BCUT2D eigenvalue weighted by molar-refractivity contribution is 0.0793. The fourth-order valence-corrected chi connectivity index (χ4v) is 3.15. The molecule has 2 aromatic rings. The van der Waals surface area contributed by atoms with Gasteiger partial charge in [-0.15, -0.1) is 0 Å². The van der Waals surface area contributed by atoms with Crippen LogP contribution in [0.5, 0.6) is 0 Å². The van der Waals surface area contributed by atoms with Gasteiger partial charge in [-0.2, -0.15) is 0 Å². The predicted molar refractivity (Wildman–Crippen MR) is 103 cm³/mol. The molecule has 0 spiro atoms. The van der Waals surface area contributed by atoms with Gasteiger partial charge in [-0.3, -0.25) is 4.79 Å². The first-order valence-electron chi connectivity index (χ1n) is 9.12. The fraction of sp³-hybridized carbons (Fsp3) is 0.333. The molecular formula is C21H25N3O2. The SMILES string of the molecule is C[C@H](CNC(=O)Nc1cccc(C(=O)N2CCCC2)c1)c1ccccc1. The number of nitrogens with zero attached hydrogens (tertiary/aromatic N) is 1. The lowest BCUT2D eigenvalue weighted by Crippen LogP contribution is -2.32. The number of carbonyl (C=O) groups excluding carboxylic acids is 2. The van der Waals surface area contributed by atoms with Crippen molar-refractivity contribution in [1.29, 1.82) is 0 Å².